The minimum Gasteiger partial charge on any atom is -0.379 e. The van der Waals surface area contributed by atoms with Crippen molar-refractivity contribution in [3.05, 3.63) is 35.6 Å². The highest BCUT2D eigenvalue weighted by Gasteiger charge is 2.37. The van der Waals surface area contributed by atoms with Crippen LogP contribution in [0.15, 0.2) is 24.3 Å². The minimum atomic E-state index is -0.425. The van der Waals surface area contributed by atoms with E-state index in [2.05, 4.69) is 15.1 Å². The second kappa shape index (κ2) is 8.65. The van der Waals surface area contributed by atoms with Crippen LogP contribution in [0.4, 0.5) is 4.39 Å². The molecule has 6 nitrogen and oxygen atoms in total. The molecule has 3 aliphatic heterocycles. The van der Waals surface area contributed by atoms with Crippen molar-refractivity contribution in [2.24, 2.45) is 0 Å². The predicted octanol–water partition coefficient (Wildman–Crippen LogP) is 0.705. The number of nitrogens with one attached hydrogen (secondary N) is 1. The van der Waals surface area contributed by atoms with Gasteiger partial charge in [-0.15, -0.1) is 0 Å². The first-order valence-electron chi connectivity index (χ1n) is 10.0. The topological polar surface area (TPSA) is 48.1 Å². The fourth-order valence-electron chi connectivity index (χ4n) is 4.48. The van der Waals surface area contributed by atoms with Crippen LogP contribution in [0.5, 0.6) is 0 Å². The molecule has 0 bridgehead atoms. The molecule has 1 aromatic carbocycles. The average molecular weight is 376 g/mol. The fourth-order valence-corrected chi connectivity index (χ4v) is 4.48. The second-order valence-electron chi connectivity index (χ2n) is 7.62. The molecule has 2 unspecified atom stereocenters. The lowest BCUT2D eigenvalue weighted by Crippen LogP contribution is -2.50. The van der Waals surface area contributed by atoms with Crippen LogP contribution in [0.3, 0.4) is 0 Å². The van der Waals surface area contributed by atoms with Crippen LogP contribution in [0.2, 0.25) is 0 Å². The maximum atomic E-state index is 13.9. The molecule has 1 N–H and O–H groups in total. The molecule has 2 atom stereocenters. The number of carbonyl (C=O) groups excluding carboxylic acids is 1. The van der Waals surface area contributed by atoms with Crippen molar-refractivity contribution in [3.63, 3.8) is 0 Å². The lowest BCUT2D eigenvalue weighted by molar-refractivity contribution is -0.138. The van der Waals surface area contributed by atoms with Crippen molar-refractivity contribution < 1.29 is 13.9 Å². The first-order valence-corrected chi connectivity index (χ1v) is 10.0. The van der Waals surface area contributed by atoms with Crippen molar-refractivity contribution in [1.29, 1.82) is 0 Å². The molecule has 0 saturated carbocycles. The monoisotopic (exact) mass is 376 g/mol. The normalized spacial score (nSPS) is 26.3. The minimum absolute atomic E-state index is 0.0973. The zero-order valence-electron chi connectivity index (χ0n) is 15.8. The van der Waals surface area contributed by atoms with Crippen LogP contribution < -0.4 is 5.32 Å². The van der Waals surface area contributed by atoms with Gasteiger partial charge in [-0.2, -0.15) is 0 Å². The fraction of sp³-hybridized carbons (Fsp3) is 0.650. The van der Waals surface area contributed by atoms with E-state index >= 15 is 0 Å². The first-order chi connectivity index (χ1) is 13.2. The van der Waals surface area contributed by atoms with Gasteiger partial charge in [0, 0.05) is 58.4 Å². The summed E-state index contributed by atoms with van der Waals surface area (Å²) in [5.41, 5.74) is 0.743. The number of hydrogen-bond acceptors (Lipinski definition) is 5. The first kappa shape index (κ1) is 18.8. The smallest absolute Gasteiger partial charge is 0.244 e. The second-order valence-corrected chi connectivity index (χ2v) is 7.62. The van der Waals surface area contributed by atoms with Gasteiger partial charge in [-0.3, -0.25) is 14.6 Å². The highest BCUT2D eigenvalue weighted by molar-refractivity contribution is 5.83. The summed E-state index contributed by atoms with van der Waals surface area (Å²) in [5.74, 6) is -0.196. The summed E-state index contributed by atoms with van der Waals surface area (Å²) in [5, 5.41) is 3.38. The molecule has 3 fully saturated rings. The van der Waals surface area contributed by atoms with E-state index in [9.17, 15) is 9.18 Å². The number of rotatable bonds is 4. The van der Waals surface area contributed by atoms with Crippen LogP contribution in [0.25, 0.3) is 0 Å². The molecule has 7 heteroatoms. The Morgan fingerprint density at radius 1 is 1.15 bits per heavy atom. The molecule has 0 aliphatic carbocycles. The van der Waals surface area contributed by atoms with E-state index in [0.717, 1.165) is 51.3 Å². The maximum Gasteiger partial charge on any atom is 0.244 e. The van der Waals surface area contributed by atoms with Gasteiger partial charge in [0.25, 0.3) is 0 Å². The number of morpholine rings is 1. The molecule has 3 heterocycles. The predicted molar refractivity (Wildman–Crippen MR) is 101 cm³/mol. The van der Waals surface area contributed by atoms with E-state index in [4.69, 9.17) is 4.74 Å². The molecule has 4 rings (SSSR count). The SMILES string of the molecule is O=C(C(c1cccc(F)c1)N1CCOCC1)N1CCC(N2CCNCC2)C1. The number of carbonyl (C=O) groups is 1. The number of likely N-dealkylation sites (tertiary alicyclic amines) is 1. The van der Waals surface area contributed by atoms with Gasteiger partial charge in [-0.1, -0.05) is 12.1 Å². The summed E-state index contributed by atoms with van der Waals surface area (Å²) in [6.07, 6.45) is 1.02. The summed E-state index contributed by atoms with van der Waals surface area (Å²) in [6.45, 7) is 8.30. The molecular formula is C20H29FN4O2. The van der Waals surface area contributed by atoms with E-state index in [1.165, 1.54) is 12.1 Å². The third-order valence-electron chi connectivity index (χ3n) is 5.95. The molecular weight excluding hydrogens is 347 g/mol. The zero-order valence-corrected chi connectivity index (χ0v) is 15.8. The standard InChI is InChI=1S/C20H29FN4O2/c21-17-3-1-2-16(14-17)19(24-10-12-27-13-11-24)20(26)25-7-4-18(15-25)23-8-5-22-6-9-23/h1-3,14,18-19,22H,4-13,15H2. The van der Waals surface area contributed by atoms with Gasteiger partial charge in [-0.25, -0.2) is 4.39 Å². The quantitative estimate of drug-likeness (QED) is 0.839. The van der Waals surface area contributed by atoms with Crippen LogP contribution in [0.1, 0.15) is 18.0 Å². The molecule has 1 aromatic rings. The zero-order chi connectivity index (χ0) is 18.6. The third kappa shape index (κ3) is 4.32. The number of hydrogen-bond donors (Lipinski definition) is 1. The van der Waals surface area contributed by atoms with Gasteiger partial charge in [-0.05, 0) is 24.1 Å². The van der Waals surface area contributed by atoms with Gasteiger partial charge in [0.1, 0.15) is 11.9 Å². The van der Waals surface area contributed by atoms with Crippen molar-refractivity contribution in [2.75, 3.05) is 65.6 Å². The molecule has 3 saturated heterocycles. The Bertz CT molecular complexity index is 647. The Morgan fingerprint density at radius 3 is 2.67 bits per heavy atom. The van der Waals surface area contributed by atoms with Gasteiger partial charge in [0.2, 0.25) is 5.91 Å². The Labute approximate surface area is 160 Å². The highest BCUT2D eigenvalue weighted by atomic mass is 19.1. The molecule has 148 valence electrons. The molecule has 3 aliphatic rings. The van der Waals surface area contributed by atoms with Gasteiger partial charge < -0.3 is 15.0 Å². The number of halogens is 1. The third-order valence-corrected chi connectivity index (χ3v) is 5.95. The largest absolute Gasteiger partial charge is 0.379 e. The molecule has 1 amide bonds. The number of ether oxygens (including phenoxy) is 1. The van der Waals surface area contributed by atoms with E-state index in [0.29, 0.717) is 32.3 Å². The van der Waals surface area contributed by atoms with Crippen molar-refractivity contribution in [2.45, 2.75) is 18.5 Å². The maximum absolute atomic E-state index is 13.9. The van der Waals surface area contributed by atoms with Gasteiger partial charge >= 0.3 is 0 Å². The van der Waals surface area contributed by atoms with Crippen LogP contribution in [-0.4, -0.2) is 92.2 Å². The summed E-state index contributed by atoms with van der Waals surface area (Å²) >= 11 is 0. The summed E-state index contributed by atoms with van der Waals surface area (Å²) < 4.78 is 19.3. The molecule has 0 radical (unpaired) electrons. The van der Waals surface area contributed by atoms with E-state index in [1.807, 2.05) is 11.0 Å². The number of nitrogens with zero attached hydrogens (tertiary/aromatic N) is 3. The van der Waals surface area contributed by atoms with Gasteiger partial charge in [0.05, 0.1) is 13.2 Å². The van der Waals surface area contributed by atoms with Crippen LogP contribution >= 0.6 is 0 Å². The van der Waals surface area contributed by atoms with Crippen molar-refractivity contribution >= 4 is 5.91 Å². The Hall–Kier alpha value is -1.54. The molecule has 0 aromatic heterocycles. The van der Waals surface area contributed by atoms with Gasteiger partial charge in [0.15, 0.2) is 0 Å². The average Bonchev–Trinajstić information content (AvgIpc) is 3.20. The molecule has 0 spiro atoms. The summed E-state index contributed by atoms with van der Waals surface area (Å²) in [6, 6.07) is 6.51. The Balaban J connectivity index is 1.50. The number of piperazine rings is 1. The van der Waals surface area contributed by atoms with Crippen molar-refractivity contribution in [3.8, 4) is 0 Å². The lowest BCUT2D eigenvalue weighted by atomic mass is 10.0. The van der Waals surface area contributed by atoms with E-state index in [-0.39, 0.29) is 11.7 Å². The molecule has 27 heavy (non-hydrogen) atoms. The van der Waals surface area contributed by atoms with E-state index < -0.39 is 6.04 Å². The van der Waals surface area contributed by atoms with Crippen LogP contribution in [0, 0.1) is 5.82 Å². The lowest BCUT2D eigenvalue weighted by Gasteiger charge is -2.36. The van der Waals surface area contributed by atoms with Crippen molar-refractivity contribution in [1.82, 2.24) is 20.0 Å². The Kier molecular flexibility index (Phi) is 6.02. The number of benzene rings is 1. The highest BCUT2D eigenvalue weighted by Crippen LogP contribution is 2.27. The van der Waals surface area contributed by atoms with E-state index in [1.54, 1.807) is 6.07 Å². The Morgan fingerprint density at radius 2 is 1.93 bits per heavy atom. The summed E-state index contributed by atoms with van der Waals surface area (Å²) in [7, 11) is 0. The summed E-state index contributed by atoms with van der Waals surface area (Å²) in [4.78, 5) is 20.1. The number of amides is 1. The van der Waals surface area contributed by atoms with Crippen LogP contribution in [-0.2, 0) is 9.53 Å².